The first-order chi connectivity index (χ1) is 5.17. The molecule has 3 nitrogen and oxygen atoms in total. The van der Waals surface area contributed by atoms with Gasteiger partial charge in [0.15, 0.2) is 6.10 Å². The van der Waals surface area contributed by atoms with E-state index in [9.17, 15) is 4.79 Å². The average Bonchev–Trinajstić information content (AvgIpc) is 1.99. The Morgan fingerprint density at radius 1 is 1.45 bits per heavy atom. The Morgan fingerprint density at radius 3 is 2.00 bits per heavy atom. The van der Waals surface area contributed by atoms with Crippen molar-refractivity contribution < 1.29 is 14.6 Å². The third-order valence-corrected chi connectivity index (χ3v) is 1.97. The van der Waals surface area contributed by atoms with Crippen molar-refractivity contribution in [2.24, 2.45) is 5.92 Å². The summed E-state index contributed by atoms with van der Waals surface area (Å²) >= 11 is 0. The Labute approximate surface area is 67.4 Å². The van der Waals surface area contributed by atoms with Gasteiger partial charge in [-0.2, -0.15) is 0 Å². The van der Waals surface area contributed by atoms with Crippen LogP contribution in [0.4, 0.5) is 0 Å². The molecule has 3 heteroatoms. The van der Waals surface area contributed by atoms with Crippen LogP contribution in [-0.2, 0) is 9.53 Å². The zero-order valence-corrected chi connectivity index (χ0v) is 7.33. The van der Waals surface area contributed by atoms with Crippen LogP contribution >= 0.6 is 0 Å². The van der Waals surface area contributed by atoms with E-state index in [1.165, 1.54) is 7.11 Å². The predicted octanol–water partition coefficient (Wildman–Crippen LogP) is 1.52. The number of hydrogen-bond acceptors (Lipinski definition) is 2. The molecule has 0 radical (unpaired) electrons. The molecule has 0 rings (SSSR count). The van der Waals surface area contributed by atoms with E-state index in [2.05, 4.69) is 0 Å². The highest BCUT2D eigenvalue weighted by atomic mass is 16.5. The first-order valence-corrected chi connectivity index (χ1v) is 3.92. The van der Waals surface area contributed by atoms with Crippen molar-refractivity contribution in [2.75, 3.05) is 7.11 Å². The highest BCUT2D eigenvalue weighted by Crippen LogP contribution is 2.15. The Morgan fingerprint density at radius 2 is 1.91 bits per heavy atom. The van der Waals surface area contributed by atoms with Crippen molar-refractivity contribution in [2.45, 2.75) is 32.8 Å². The van der Waals surface area contributed by atoms with Crippen molar-refractivity contribution in [1.29, 1.82) is 0 Å². The molecule has 0 bridgehead atoms. The van der Waals surface area contributed by atoms with Crippen LogP contribution in [0.1, 0.15) is 26.7 Å². The van der Waals surface area contributed by atoms with E-state index >= 15 is 0 Å². The van der Waals surface area contributed by atoms with Gasteiger partial charge in [0, 0.05) is 7.11 Å². The maximum atomic E-state index is 10.6. The minimum Gasteiger partial charge on any atom is -0.479 e. The van der Waals surface area contributed by atoms with Gasteiger partial charge < -0.3 is 9.84 Å². The first kappa shape index (κ1) is 10.4. The molecule has 0 aliphatic heterocycles. The van der Waals surface area contributed by atoms with Gasteiger partial charge in [-0.05, 0) is 5.92 Å². The summed E-state index contributed by atoms with van der Waals surface area (Å²) in [6.45, 7) is 3.95. The van der Waals surface area contributed by atoms with Gasteiger partial charge >= 0.3 is 5.97 Å². The van der Waals surface area contributed by atoms with Crippen LogP contribution in [-0.4, -0.2) is 24.3 Å². The van der Waals surface area contributed by atoms with E-state index in [-0.39, 0.29) is 5.92 Å². The van der Waals surface area contributed by atoms with Crippen LogP contribution in [0.5, 0.6) is 0 Å². The van der Waals surface area contributed by atoms with Gasteiger partial charge in [0.05, 0.1) is 0 Å². The van der Waals surface area contributed by atoms with E-state index in [0.29, 0.717) is 0 Å². The van der Waals surface area contributed by atoms with Crippen LogP contribution < -0.4 is 0 Å². The number of ether oxygens (including phenoxy) is 1. The predicted molar refractivity (Wildman–Crippen MR) is 42.5 cm³/mol. The summed E-state index contributed by atoms with van der Waals surface area (Å²) in [5, 5.41) is 8.68. The molecule has 0 amide bonds. The molecule has 0 aliphatic carbocycles. The highest BCUT2D eigenvalue weighted by Gasteiger charge is 2.24. The third-order valence-electron chi connectivity index (χ3n) is 1.97. The topological polar surface area (TPSA) is 46.5 Å². The van der Waals surface area contributed by atoms with E-state index in [0.717, 1.165) is 12.8 Å². The van der Waals surface area contributed by atoms with Crippen LogP contribution in [0.15, 0.2) is 0 Å². The zero-order chi connectivity index (χ0) is 8.85. The molecular weight excluding hydrogens is 144 g/mol. The molecule has 0 fully saturated rings. The van der Waals surface area contributed by atoms with Crippen molar-refractivity contribution >= 4 is 5.97 Å². The fourth-order valence-electron chi connectivity index (χ4n) is 1.21. The largest absolute Gasteiger partial charge is 0.479 e. The summed E-state index contributed by atoms with van der Waals surface area (Å²) < 4.78 is 4.86. The maximum Gasteiger partial charge on any atom is 0.333 e. The lowest BCUT2D eigenvalue weighted by Crippen LogP contribution is -2.30. The molecule has 1 N–H and O–H groups in total. The van der Waals surface area contributed by atoms with Crippen LogP contribution in [0.25, 0.3) is 0 Å². The fourth-order valence-corrected chi connectivity index (χ4v) is 1.21. The summed E-state index contributed by atoms with van der Waals surface area (Å²) in [6, 6.07) is 0. The van der Waals surface area contributed by atoms with Gasteiger partial charge in [0.25, 0.3) is 0 Å². The molecule has 0 aromatic heterocycles. The number of aliphatic carboxylic acids is 1. The van der Waals surface area contributed by atoms with E-state index in [1.54, 1.807) is 0 Å². The normalized spacial score (nSPS) is 13.5. The van der Waals surface area contributed by atoms with Gasteiger partial charge in [0.2, 0.25) is 0 Å². The number of hydrogen-bond donors (Lipinski definition) is 1. The first-order valence-electron chi connectivity index (χ1n) is 3.92. The number of carboxylic acids is 1. The minimum atomic E-state index is -0.860. The average molecular weight is 160 g/mol. The van der Waals surface area contributed by atoms with Crippen molar-refractivity contribution in [3.05, 3.63) is 0 Å². The maximum absolute atomic E-state index is 10.6. The van der Waals surface area contributed by atoms with Crippen molar-refractivity contribution in [3.63, 3.8) is 0 Å². The molecule has 11 heavy (non-hydrogen) atoms. The van der Waals surface area contributed by atoms with E-state index in [4.69, 9.17) is 9.84 Å². The van der Waals surface area contributed by atoms with Gasteiger partial charge in [0.1, 0.15) is 0 Å². The molecule has 0 saturated heterocycles. The zero-order valence-electron chi connectivity index (χ0n) is 7.33. The van der Waals surface area contributed by atoms with Gasteiger partial charge in [-0.1, -0.05) is 26.7 Å². The lowest BCUT2D eigenvalue weighted by molar-refractivity contribution is -0.152. The lowest BCUT2D eigenvalue weighted by atomic mass is 9.97. The van der Waals surface area contributed by atoms with Gasteiger partial charge in [-0.3, -0.25) is 0 Å². The Hall–Kier alpha value is -0.570. The molecule has 0 saturated carbocycles. The van der Waals surface area contributed by atoms with Crippen LogP contribution in [0, 0.1) is 5.92 Å². The van der Waals surface area contributed by atoms with Gasteiger partial charge in [-0.25, -0.2) is 4.79 Å². The highest BCUT2D eigenvalue weighted by molar-refractivity contribution is 5.72. The van der Waals surface area contributed by atoms with E-state index < -0.39 is 12.1 Å². The number of rotatable bonds is 5. The van der Waals surface area contributed by atoms with Crippen LogP contribution in [0.3, 0.4) is 0 Å². The van der Waals surface area contributed by atoms with Crippen molar-refractivity contribution in [3.8, 4) is 0 Å². The van der Waals surface area contributed by atoms with Gasteiger partial charge in [-0.15, -0.1) is 0 Å². The second-order valence-electron chi connectivity index (χ2n) is 2.57. The summed E-state index contributed by atoms with van der Waals surface area (Å²) in [7, 11) is 1.44. The molecular formula is C8H16O3. The minimum absolute atomic E-state index is 0.137. The molecule has 1 atom stereocenters. The van der Waals surface area contributed by atoms with Crippen LogP contribution in [0.2, 0.25) is 0 Å². The van der Waals surface area contributed by atoms with E-state index in [1.807, 2.05) is 13.8 Å². The lowest BCUT2D eigenvalue weighted by Gasteiger charge is -2.19. The summed E-state index contributed by atoms with van der Waals surface area (Å²) in [4.78, 5) is 10.6. The molecule has 0 aromatic rings. The number of methoxy groups -OCH3 is 1. The molecule has 0 spiro atoms. The summed E-state index contributed by atoms with van der Waals surface area (Å²) in [6.07, 6.45) is 1.06. The molecule has 0 aromatic carbocycles. The fraction of sp³-hybridized carbons (Fsp3) is 0.875. The molecule has 0 heterocycles. The molecule has 0 aliphatic rings. The standard InChI is InChI=1S/C8H16O3/c1-4-6(5-2)7(11-3)8(9)10/h6-7H,4-5H2,1-3H3,(H,9,10). The number of carbonyl (C=O) groups is 1. The second-order valence-corrected chi connectivity index (χ2v) is 2.57. The Kier molecular flexibility index (Phi) is 4.86. The smallest absolute Gasteiger partial charge is 0.333 e. The Bertz CT molecular complexity index is 119. The monoisotopic (exact) mass is 160 g/mol. The quantitative estimate of drug-likeness (QED) is 0.663. The SMILES string of the molecule is CCC(CC)C(OC)C(=O)O. The van der Waals surface area contributed by atoms with Crippen molar-refractivity contribution in [1.82, 2.24) is 0 Å². The summed E-state index contributed by atoms with van der Waals surface area (Å²) in [5.41, 5.74) is 0. The third kappa shape index (κ3) is 2.89. The summed E-state index contributed by atoms with van der Waals surface area (Å²) in [5.74, 6) is -0.723. The second kappa shape index (κ2) is 5.13. The number of carboxylic acid groups (broad SMARTS) is 1. The molecule has 66 valence electrons. The Balaban J connectivity index is 4.09. The molecule has 1 unspecified atom stereocenters.